The van der Waals surface area contributed by atoms with Crippen LogP contribution in [-0.4, -0.2) is 35.3 Å². The quantitative estimate of drug-likeness (QED) is 0.700. The van der Waals surface area contributed by atoms with E-state index in [1.54, 1.807) is 11.3 Å². The minimum absolute atomic E-state index is 0.0124. The Kier molecular flexibility index (Phi) is 6.67. The summed E-state index contributed by atoms with van der Waals surface area (Å²) in [7, 11) is 0. The molecule has 0 saturated heterocycles. The van der Waals surface area contributed by atoms with E-state index in [1.165, 1.54) is 4.88 Å². The van der Waals surface area contributed by atoms with Gasteiger partial charge in [-0.3, -0.25) is 0 Å². The van der Waals surface area contributed by atoms with Crippen molar-refractivity contribution in [2.45, 2.75) is 39.2 Å². The molecule has 0 aromatic carbocycles. The summed E-state index contributed by atoms with van der Waals surface area (Å²) in [6.07, 6.45) is 4.22. The van der Waals surface area contributed by atoms with Gasteiger partial charge in [-0.25, -0.2) is 9.78 Å². The highest BCUT2D eigenvalue weighted by Crippen LogP contribution is 2.13. The third kappa shape index (κ3) is 5.46. The fraction of sp³-hybridized carbons (Fsp3) is 0.667. The van der Waals surface area contributed by atoms with Crippen molar-refractivity contribution in [1.82, 2.24) is 15.6 Å². The predicted octanol–water partition coefficient (Wildman–Crippen LogP) is 1.32. The molecule has 0 saturated carbocycles. The molecule has 0 unspecified atom stereocenters. The molecule has 3 N–H and O–H groups in total. The summed E-state index contributed by atoms with van der Waals surface area (Å²) >= 11 is 1.69. The maximum Gasteiger partial charge on any atom is 0.315 e. The molecule has 18 heavy (non-hydrogen) atoms. The molecule has 0 aliphatic carbocycles. The van der Waals surface area contributed by atoms with Gasteiger partial charge < -0.3 is 15.7 Å². The van der Waals surface area contributed by atoms with E-state index in [1.807, 2.05) is 13.1 Å². The number of nitrogens with one attached hydrogen (secondary N) is 2. The molecule has 1 aromatic heterocycles. The van der Waals surface area contributed by atoms with Crippen molar-refractivity contribution in [2.24, 2.45) is 0 Å². The number of thiazole rings is 1. The van der Waals surface area contributed by atoms with Gasteiger partial charge in [-0.1, -0.05) is 6.92 Å². The van der Waals surface area contributed by atoms with Crippen LogP contribution in [0.15, 0.2) is 6.20 Å². The van der Waals surface area contributed by atoms with Crippen LogP contribution >= 0.6 is 11.3 Å². The van der Waals surface area contributed by atoms with Gasteiger partial charge in [0.05, 0.1) is 5.01 Å². The molecule has 0 bridgehead atoms. The van der Waals surface area contributed by atoms with Crippen molar-refractivity contribution in [3.8, 4) is 0 Å². The second-order valence-corrected chi connectivity index (χ2v) is 5.34. The molecule has 0 radical (unpaired) electrons. The van der Waals surface area contributed by atoms with Crippen molar-refractivity contribution in [3.05, 3.63) is 16.1 Å². The van der Waals surface area contributed by atoms with Crippen LogP contribution in [0.5, 0.6) is 0 Å². The van der Waals surface area contributed by atoms with Crippen LogP contribution in [0.1, 0.15) is 30.2 Å². The molecule has 0 aliphatic heterocycles. The van der Waals surface area contributed by atoms with E-state index in [0.717, 1.165) is 17.8 Å². The maximum atomic E-state index is 11.5. The molecule has 1 aromatic rings. The van der Waals surface area contributed by atoms with Crippen LogP contribution < -0.4 is 10.6 Å². The van der Waals surface area contributed by atoms with Gasteiger partial charge in [0.1, 0.15) is 0 Å². The zero-order valence-corrected chi connectivity index (χ0v) is 11.7. The van der Waals surface area contributed by atoms with E-state index in [4.69, 9.17) is 5.11 Å². The first kappa shape index (κ1) is 14.9. The van der Waals surface area contributed by atoms with Crippen molar-refractivity contribution < 1.29 is 9.90 Å². The zero-order chi connectivity index (χ0) is 13.4. The molecule has 0 spiro atoms. The topological polar surface area (TPSA) is 74.2 Å². The maximum absolute atomic E-state index is 11.5. The molecule has 102 valence electrons. The first-order valence-corrected chi connectivity index (χ1v) is 7.06. The molecule has 5 nitrogen and oxygen atoms in total. The van der Waals surface area contributed by atoms with E-state index in [-0.39, 0.29) is 18.7 Å². The number of carbonyl (C=O) groups excluding carboxylic acids is 1. The number of nitrogens with zero attached hydrogens (tertiary/aromatic N) is 1. The minimum atomic E-state index is -0.191. The second kappa shape index (κ2) is 8.05. The first-order valence-electron chi connectivity index (χ1n) is 6.24. The number of aryl methyl sites for hydroxylation is 1. The van der Waals surface area contributed by atoms with Crippen LogP contribution in [0.4, 0.5) is 4.79 Å². The highest BCUT2D eigenvalue weighted by Gasteiger charge is 2.06. The Morgan fingerprint density at radius 3 is 3.00 bits per heavy atom. The van der Waals surface area contributed by atoms with Crippen LogP contribution in [0.3, 0.4) is 0 Å². The Bertz CT molecular complexity index is 368. The largest absolute Gasteiger partial charge is 0.396 e. The molecule has 1 atom stereocenters. The summed E-state index contributed by atoms with van der Waals surface area (Å²) < 4.78 is 0. The first-order chi connectivity index (χ1) is 8.65. The summed E-state index contributed by atoms with van der Waals surface area (Å²) in [5.41, 5.74) is 0. The Morgan fingerprint density at radius 2 is 2.39 bits per heavy atom. The van der Waals surface area contributed by atoms with E-state index in [2.05, 4.69) is 22.5 Å². The van der Waals surface area contributed by atoms with Gasteiger partial charge in [-0.2, -0.15) is 0 Å². The van der Waals surface area contributed by atoms with Crippen molar-refractivity contribution in [1.29, 1.82) is 0 Å². The molecule has 0 fully saturated rings. The lowest BCUT2D eigenvalue weighted by Gasteiger charge is -2.12. The fourth-order valence-corrected chi connectivity index (χ4v) is 2.31. The summed E-state index contributed by atoms with van der Waals surface area (Å²) in [4.78, 5) is 17.0. The van der Waals surface area contributed by atoms with E-state index in [9.17, 15) is 4.79 Å². The average molecular weight is 271 g/mol. The van der Waals surface area contributed by atoms with Gasteiger partial charge in [0.25, 0.3) is 0 Å². The summed E-state index contributed by atoms with van der Waals surface area (Å²) in [5.74, 6) is 0. The Morgan fingerprint density at radius 1 is 1.61 bits per heavy atom. The number of aliphatic hydroxyl groups is 1. The molecule has 6 heteroatoms. The van der Waals surface area contributed by atoms with Crippen molar-refractivity contribution >= 4 is 17.4 Å². The minimum Gasteiger partial charge on any atom is -0.396 e. The summed E-state index contributed by atoms with van der Waals surface area (Å²) in [5, 5.41) is 15.3. The van der Waals surface area contributed by atoms with E-state index < -0.39 is 0 Å². The fourth-order valence-electron chi connectivity index (χ4n) is 1.45. The van der Waals surface area contributed by atoms with Crippen molar-refractivity contribution in [2.75, 3.05) is 13.2 Å². The normalized spacial score (nSPS) is 12.2. The third-order valence-corrected chi connectivity index (χ3v) is 3.72. The third-order valence-electron chi connectivity index (χ3n) is 2.51. The number of rotatable bonds is 7. The van der Waals surface area contributed by atoms with Gasteiger partial charge in [-0.05, 0) is 19.8 Å². The van der Waals surface area contributed by atoms with Gasteiger partial charge in [0.2, 0.25) is 0 Å². The number of aromatic nitrogens is 1. The molecule has 1 rings (SSSR count). The molecular formula is C12H21N3O2S. The van der Waals surface area contributed by atoms with E-state index in [0.29, 0.717) is 13.0 Å². The number of hydrogen-bond acceptors (Lipinski definition) is 4. The number of hydrogen-bond donors (Lipinski definition) is 3. The number of amides is 2. The van der Waals surface area contributed by atoms with Crippen LogP contribution in [0.25, 0.3) is 0 Å². The van der Waals surface area contributed by atoms with Crippen molar-refractivity contribution in [3.63, 3.8) is 0 Å². The molecule has 2 amide bonds. The predicted molar refractivity (Wildman–Crippen MR) is 72.9 cm³/mol. The smallest absolute Gasteiger partial charge is 0.315 e. The number of aliphatic hydroxyl groups excluding tert-OH is 1. The number of urea groups is 1. The molecule has 0 aliphatic rings. The van der Waals surface area contributed by atoms with Crippen LogP contribution in [0, 0.1) is 0 Å². The van der Waals surface area contributed by atoms with Gasteiger partial charge in [-0.15, -0.1) is 11.3 Å². The van der Waals surface area contributed by atoms with Crippen LogP contribution in [-0.2, 0) is 12.8 Å². The molecular weight excluding hydrogens is 250 g/mol. The Labute approximate surface area is 112 Å². The Hall–Kier alpha value is -1.14. The van der Waals surface area contributed by atoms with Gasteiger partial charge in [0.15, 0.2) is 0 Å². The van der Waals surface area contributed by atoms with Gasteiger partial charge >= 0.3 is 6.03 Å². The standard InChI is InChI=1S/C12H21N3O2S/c1-3-10-8-14-11(18-10)4-6-13-12(17)15-9(2)5-7-16/h8-9,16H,3-7H2,1-2H3,(H2,13,15,17)/t9-/m1/s1. The highest BCUT2D eigenvalue weighted by atomic mass is 32.1. The summed E-state index contributed by atoms with van der Waals surface area (Å²) in [6, 6.07) is -0.204. The lowest BCUT2D eigenvalue weighted by Crippen LogP contribution is -2.41. The summed E-state index contributed by atoms with van der Waals surface area (Å²) in [6.45, 7) is 4.63. The Balaban J connectivity index is 2.18. The SMILES string of the molecule is CCc1cnc(CCNC(=O)N[C@H](C)CCO)s1. The average Bonchev–Trinajstić information content (AvgIpc) is 2.77. The van der Waals surface area contributed by atoms with Gasteiger partial charge in [0, 0.05) is 36.7 Å². The highest BCUT2D eigenvalue weighted by molar-refractivity contribution is 7.11. The monoisotopic (exact) mass is 271 g/mol. The molecule has 1 heterocycles. The second-order valence-electron chi connectivity index (χ2n) is 4.14. The van der Waals surface area contributed by atoms with E-state index >= 15 is 0 Å². The lowest BCUT2D eigenvalue weighted by molar-refractivity contribution is 0.231. The zero-order valence-electron chi connectivity index (χ0n) is 10.9. The van der Waals surface area contributed by atoms with Crippen LogP contribution in [0.2, 0.25) is 0 Å². The lowest BCUT2D eigenvalue weighted by atomic mass is 10.2. The number of carbonyl (C=O) groups is 1.